The summed E-state index contributed by atoms with van der Waals surface area (Å²) in [5, 5.41) is 8.34. The normalized spacial score (nSPS) is 15.1. The molecule has 2 heterocycles. The van der Waals surface area contributed by atoms with Gasteiger partial charge in [0.2, 0.25) is 11.8 Å². The van der Waals surface area contributed by atoms with Crippen LogP contribution in [0.4, 0.5) is 17.2 Å². The number of hydrogen-bond donors (Lipinski definition) is 3. The van der Waals surface area contributed by atoms with Gasteiger partial charge in [0.15, 0.2) is 0 Å². The van der Waals surface area contributed by atoms with Crippen molar-refractivity contribution >= 4 is 40.8 Å². The second-order valence-corrected chi connectivity index (χ2v) is 9.37. The molecule has 1 aliphatic heterocycles. The number of benzene rings is 2. The fourth-order valence-corrected chi connectivity index (χ4v) is 3.81. The summed E-state index contributed by atoms with van der Waals surface area (Å²) >= 11 is 0. The van der Waals surface area contributed by atoms with Crippen LogP contribution in [0.2, 0.25) is 0 Å². The second kappa shape index (κ2) is 10.6. The molecule has 0 aliphatic carbocycles. The molecule has 9 heteroatoms. The molecule has 0 saturated carbocycles. The van der Waals surface area contributed by atoms with Crippen molar-refractivity contribution in [2.45, 2.75) is 40.3 Å². The standard InChI is InChI=1S/C28H29N5O4/c1-16(2)25(34)30-21-10-11-22-23(13-21)31-26(35)18(4)33(28(22)37)15-19-6-8-20(9-7-19)27(36)32-24-12-5-17(3)14-29-24/h5-14,16,18H,15H2,1-4H3,(H,30,34)(H,31,35)(H,29,32,36). The lowest BCUT2D eigenvalue weighted by Gasteiger charge is -2.26. The number of nitrogens with zero attached hydrogens (tertiary/aromatic N) is 2. The van der Waals surface area contributed by atoms with E-state index in [1.807, 2.05) is 13.0 Å². The maximum atomic E-state index is 13.4. The monoisotopic (exact) mass is 499 g/mol. The summed E-state index contributed by atoms with van der Waals surface area (Å²) in [5.41, 5.74) is 3.39. The maximum Gasteiger partial charge on any atom is 0.256 e. The number of fused-ring (bicyclic) bond motifs is 1. The zero-order valence-corrected chi connectivity index (χ0v) is 21.2. The smallest absolute Gasteiger partial charge is 0.256 e. The fraction of sp³-hybridized carbons (Fsp3) is 0.250. The molecule has 37 heavy (non-hydrogen) atoms. The Morgan fingerprint density at radius 2 is 1.76 bits per heavy atom. The van der Waals surface area contributed by atoms with Gasteiger partial charge >= 0.3 is 0 Å². The fourth-order valence-electron chi connectivity index (χ4n) is 3.81. The van der Waals surface area contributed by atoms with Crippen LogP contribution in [0.1, 0.15) is 52.6 Å². The van der Waals surface area contributed by atoms with E-state index in [2.05, 4.69) is 20.9 Å². The summed E-state index contributed by atoms with van der Waals surface area (Å²) < 4.78 is 0. The highest BCUT2D eigenvalue weighted by Crippen LogP contribution is 2.28. The largest absolute Gasteiger partial charge is 0.326 e. The number of nitrogens with one attached hydrogen (secondary N) is 3. The number of rotatable bonds is 6. The Kier molecular flexibility index (Phi) is 7.33. The van der Waals surface area contributed by atoms with E-state index in [9.17, 15) is 19.2 Å². The molecule has 1 atom stereocenters. The van der Waals surface area contributed by atoms with Gasteiger partial charge in [0, 0.05) is 29.9 Å². The molecule has 4 rings (SSSR count). The summed E-state index contributed by atoms with van der Waals surface area (Å²) in [6.45, 7) is 7.32. The molecule has 0 fully saturated rings. The molecule has 0 radical (unpaired) electrons. The van der Waals surface area contributed by atoms with Crippen molar-refractivity contribution in [1.29, 1.82) is 0 Å². The highest BCUT2D eigenvalue weighted by atomic mass is 16.2. The van der Waals surface area contributed by atoms with Crippen molar-refractivity contribution in [2.24, 2.45) is 5.92 Å². The number of carbonyl (C=O) groups excluding carboxylic acids is 4. The van der Waals surface area contributed by atoms with E-state index in [0.717, 1.165) is 11.1 Å². The first kappa shape index (κ1) is 25.6. The van der Waals surface area contributed by atoms with Crippen LogP contribution in [-0.2, 0) is 16.1 Å². The summed E-state index contributed by atoms with van der Waals surface area (Å²) in [6, 6.07) is 14.6. The summed E-state index contributed by atoms with van der Waals surface area (Å²) in [6.07, 6.45) is 1.68. The van der Waals surface area contributed by atoms with Crippen LogP contribution in [0.15, 0.2) is 60.8 Å². The zero-order valence-electron chi connectivity index (χ0n) is 21.2. The van der Waals surface area contributed by atoms with Crippen molar-refractivity contribution < 1.29 is 19.2 Å². The van der Waals surface area contributed by atoms with Crippen molar-refractivity contribution in [3.63, 3.8) is 0 Å². The van der Waals surface area contributed by atoms with E-state index in [0.29, 0.717) is 28.3 Å². The van der Waals surface area contributed by atoms with Gasteiger partial charge in [-0.3, -0.25) is 19.2 Å². The van der Waals surface area contributed by atoms with Crippen LogP contribution in [-0.4, -0.2) is 39.6 Å². The molecular weight excluding hydrogens is 470 g/mol. The summed E-state index contributed by atoms with van der Waals surface area (Å²) in [7, 11) is 0. The molecule has 1 aliphatic rings. The highest BCUT2D eigenvalue weighted by Gasteiger charge is 2.32. The number of anilines is 3. The van der Waals surface area contributed by atoms with Gasteiger partial charge < -0.3 is 20.9 Å². The Morgan fingerprint density at radius 1 is 1.03 bits per heavy atom. The van der Waals surface area contributed by atoms with Crippen LogP contribution in [0, 0.1) is 12.8 Å². The van der Waals surface area contributed by atoms with E-state index in [-0.39, 0.29) is 36.1 Å². The SMILES string of the molecule is Cc1ccc(NC(=O)c2ccc(CN3C(=O)c4ccc(NC(=O)C(C)C)cc4NC(=O)C3C)cc2)nc1. The van der Waals surface area contributed by atoms with Gasteiger partial charge in [-0.1, -0.05) is 32.0 Å². The summed E-state index contributed by atoms with van der Waals surface area (Å²) in [5.74, 6) is -0.845. The summed E-state index contributed by atoms with van der Waals surface area (Å²) in [4.78, 5) is 56.6. The van der Waals surface area contributed by atoms with Crippen molar-refractivity contribution in [2.75, 3.05) is 16.0 Å². The minimum Gasteiger partial charge on any atom is -0.326 e. The third-order valence-electron chi connectivity index (χ3n) is 6.13. The Hall–Kier alpha value is -4.53. The Balaban J connectivity index is 1.50. The molecule has 0 saturated heterocycles. The van der Waals surface area contributed by atoms with E-state index < -0.39 is 6.04 Å². The predicted octanol–water partition coefficient (Wildman–Crippen LogP) is 4.22. The predicted molar refractivity (Wildman–Crippen MR) is 141 cm³/mol. The third-order valence-corrected chi connectivity index (χ3v) is 6.13. The van der Waals surface area contributed by atoms with Gasteiger partial charge in [-0.05, 0) is 61.4 Å². The minimum atomic E-state index is -0.732. The lowest BCUT2D eigenvalue weighted by atomic mass is 10.1. The maximum absolute atomic E-state index is 13.4. The topological polar surface area (TPSA) is 121 Å². The molecule has 9 nitrogen and oxygen atoms in total. The molecule has 0 bridgehead atoms. The number of amides is 4. The van der Waals surface area contributed by atoms with Gasteiger partial charge in [0.25, 0.3) is 11.8 Å². The lowest BCUT2D eigenvalue weighted by molar-refractivity contribution is -0.120. The molecule has 0 spiro atoms. The quantitative estimate of drug-likeness (QED) is 0.469. The van der Waals surface area contributed by atoms with Crippen LogP contribution in [0.25, 0.3) is 0 Å². The molecule has 3 aromatic rings. The van der Waals surface area contributed by atoms with Crippen molar-refractivity contribution in [3.8, 4) is 0 Å². The van der Waals surface area contributed by atoms with Gasteiger partial charge in [-0.25, -0.2) is 4.98 Å². The number of pyridine rings is 1. The number of hydrogen-bond acceptors (Lipinski definition) is 5. The molecule has 1 aromatic heterocycles. The Morgan fingerprint density at radius 3 is 2.41 bits per heavy atom. The first-order valence-corrected chi connectivity index (χ1v) is 12.0. The lowest BCUT2D eigenvalue weighted by Crippen LogP contribution is -2.42. The number of carbonyl (C=O) groups is 4. The Bertz CT molecular complexity index is 1350. The molecule has 1 unspecified atom stereocenters. The zero-order chi connectivity index (χ0) is 26.7. The van der Waals surface area contributed by atoms with E-state index >= 15 is 0 Å². The van der Waals surface area contributed by atoms with Crippen LogP contribution in [0.5, 0.6) is 0 Å². The van der Waals surface area contributed by atoms with Crippen molar-refractivity contribution in [3.05, 3.63) is 83.0 Å². The van der Waals surface area contributed by atoms with E-state index in [1.54, 1.807) is 75.5 Å². The first-order chi connectivity index (χ1) is 17.6. The Labute approximate surface area is 215 Å². The van der Waals surface area contributed by atoms with Crippen LogP contribution >= 0.6 is 0 Å². The van der Waals surface area contributed by atoms with Crippen molar-refractivity contribution in [1.82, 2.24) is 9.88 Å². The van der Waals surface area contributed by atoms with Gasteiger partial charge in [0.05, 0.1) is 11.3 Å². The average molecular weight is 500 g/mol. The minimum absolute atomic E-state index is 0.159. The number of aromatic nitrogens is 1. The molecule has 4 amide bonds. The van der Waals surface area contributed by atoms with E-state index in [4.69, 9.17) is 0 Å². The highest BCUT2D eigenvalue weighted by molar-refractivity contribution is 6.10. The first-order valence-electron chi connectivity index (χ1n) is 12.0. The van der Waals surface area contributed by atoms with Crippen LogP contribution < -0.4 is 16.0 Å². The van der Waals surface area contributed by atoms with Gasteiger partial charge in [-0.15, -0.1) is 0 Å². The second-order valence-electron chi connectivity index (χ2n) is 9.37. The molecule has 190 valence electrons. The number of aryl methyl sites for hydroxylation is 1. The van der Waals surface area contributed by atoms with E-state index in [1.165, 1.54) is 4.90 Å². The van der Waals surface area contributed by atoms with Gasteiger partial charge in [0.1, 0.15) is 11.9 Å². The molecule has 2 aromatic carbocycles. The third kappa shape index (κ3) is 5.83. The van der Waals surface area contributed by atoms with Gasteiger partial charge in [-0.2, -0.15) is 0 Å². The molecular formula is C28H29N5O4. The average Bonchev–Trinajstić information content (AvgIpc) is 2.95. The molecule has 3 N–H and O–H groups in total. The van der Waals surface area contributed by atoms with Crippen LogP contribution in [0.3, 0.4) is 0 Å².